The molecule has 1 aliphatic heterocycles. The van der Waals surface area contributed by atoms with Crippen LogP contribution in [0.5, 0.6) is 5.75 Å². The monoisotopic (exact) mass is 512 g/mol. The van der Waals surface area contributed by atoms with Crippen LogP contribution in [0.1, 0.15) is 12.5 Å². The number of aromatic nitrogens is 1. The molecule has 1 saturated heterocycles. The molecule has 4 rings (SSSR count). The van der Waals surface area contributed by atoms with Gasteiger partial charge < -0.3 is 20.1 Å². The zero-order valence-electron chi connectivity index (χ0n) is 18.2. The van der Waals surface area contributed by atoms with Gasteiger partial charge in [-0.05, 0) is 49.4 Å². The van der Waals surface area contributed by atoms with Crippen LogP contribution in [0.2, 0.25) is 5.02 Å². The second-order valence-corrected chi connectivity index (χ2v) is 7.89. The zero-order valence-corrected chi connectivity index (χ0v) is 20.6. The third-order valence-corrected chi connectivity index (χ3v) is 5.59. The van der Waals surface area contributed by atoms with Gasteiger partial charge >= 0.3 is 6.09 Å². The van der Waals surface area contributed by atoms with Gasteiger partial charge in [0.1, 0.15) is 5.75 Å². The number of carbonyl (C=O) groups excluding carboxylic acids is 1. The number of hydrogen-bond donors (Lipinski definition) is 2. The minimum Gasteiger partial charge on any atom is -0.508 e. The van der Waals surface area contributed by atoms with Crippen molar-refractivity contribution in [3.63, 3.8) is 0 Å². The van der Waals surface area contributed by atoms with E-state index >= 15 is 0 Å². The summed E-state index contributed by atoms with van der Waals surface area (Å²) in [7, 11) is 0. The van der Waals surface area contributed by atoms with Crippen LogP contribution in [-0.2, 0) is 11.3 Å². The Hall–Kier alpha value is -2.45. The average molecular weight is 514 g/mol. The highest BCUT2D eigenvalue weighted by atomic mass is 35.5. The van der Waals surface area contributed by atoms with Crippen LogP contribution in [0.15, 0.2) is 48.7 Å². The lowest BCUT2D eigenvalue weighted by atomic mass is 10.1. The van der Waals surface area contributed by atoms with Crippen LogP contribution in [0.4, 0.5) is 16.2 Å². The van der Waals surface area contributed by atoms with E-state index in [1.165, 1.54) is 0 Å². The van der Waals surface area contributed by atoms with E-state index in [4.69, 9.17) is 16.3 Å². The van der Waals surface area contributed by atoms with Crippen LogP contribution in [0.25, 0.3) is 10.9 Å². The molecular formula is C23H27Cl3N4O3. The van der Waals surface area contributed by atoms with E-state index in [-0.39, 0.29) is 36.7 Å². The molecule has 178 valence electrons. The molecular weight excluding hydrogens is 487 g/mol. The number of fused-ring (bicyclic) bond motifs is 1. The smallest absolute Gasteiger partial charge is 0.409 e. The second-order valence-electron chi connectivity index (χ2n) is 7.45. The number of nitrogens with one attached hydrogen (secondary N) is 1. The lowest BCUT2D eigenvalue weighted by molar-refractivity contribution is 0.0776. The third kappa shape index (κ3) is 6.54. The van der Waals surface area contributed by atoms with Gasteiger partial charge in [-0.2, -0.15) is 0 Å². The van der Waals surface area contributed by atoms with Crippen LogP contribution in [0.3, 0.4) is 0 Å². The summed E-state index contributed by atoms with van der Waals surface area (Å²) >= 11 is 6.08. The maximum Gasteiger partial charge on any atom is 0.409 e. The first kappa shape index (κ1) is 26.8. The van der Waals surface area contributed by atoms with Crippen molar-refractivity contribution in [2.24, 2.45) is 0 Å². The molecule has 0 bridgehead atoms. The maximum atomic E-state index is 11.9. The predicted molar refractivity (Wildman–Crippen MR) is 137 cm³/mol. The van der Waals surface area contributed by atoms with E-state index in [1.807, 2.05) is 43.3 Å². The van der Waals surface area contributed by atoms with Crippen LogP contribution < -0.4 is 5.32 Å². The number of aromatic hydroxyl groups is 1. The molecule has 1 aromatic heterocycles. The number of ether oxygens (including phenoxy) is 1. The number of carbonyl (C=O) groups is 1. The molecule has 0 spiro atoms. The molecule has 2 N–H and O–H groups in total. The fourth-order valence-electron chi connectivity index (χ4n) is 3.72. The number of amides is 1. The number of halogens is 3. The summed E-state index contributed by atoms with van der Waals surface area (Å²) in [6.07, 6.45) is 1.48. The van der Waals surface area contributed by atoms with Crippen molar-refractivity contribution in [2.45, 2.75) is 13.5 Å². The van der Waals surface area contributed by atoms with Gasteiger partial charge in [-0.3, -0.25) is 9.88 Å². The van der Waals surface area contributed by atoms with Gasteiger partial charge in [0.05, 0.1) is 12.1 Å². The molecule has 0 atom stereocenters. The van der Waals surface area contributed by atoms with Crippen LogP contribution in [0, 0.1) is 0 Å². The number of hydrogen-bond acceptors (Lipinski definition) is 6. The van der Waals surface area contributed by atoms with Gasteiger partial charge in [-0.15, -0.1) is 24.8 Å². The standard InChI is InChI=1S/C23H25ClN4O3.2ClH/c1-2-31-23(30)28-11-9-27(10-12-28)15-16-13-18(4-6-22(16)29)26-20-7-8-25-21-14-17(24)3-5-19(20)21;;/h3-8,13-14,29H,2,9-12,15H2,1H3,(H,25,26);2*1H. The summed E-state index contributed by atoms with van der Waals surface area (Å²) < 4.78 is 5.07. The molecule has 2 heterocycles. The van der Waals surface area contributed by atoms with Crippen LogP contribution in [-0.4, -0.2) is 58.8 Å². The largest absolute Gasteiger partial charge is 0.508 e. The minimum atomic E-state index is -0.262. The van der Waals surface area contributed by atoms with Gasteiger partial charge in [-0.1, -0.05) is 11.6 Å². The molecule has 0 unspecified atom stereocenters. The summed E-state index contributed by atoms with van der Waals surface area (Å²) in [6.45, 7) is 5.47. The summed E-state index contributed by atoms with van der Waals surface area (Å²) in [5.41, 5.74) is 3.44. The number of pyridine rings is 1. The first-order chi connectivity index (χ1) is 15.0. The van der Waals surface area contributed by atoms with Crippen molar-refractivity contribution in [1.29, 1.82) is 0 Å². The molecule has 0 saturated carbocycles. The molecule has 33 heavy (non-hydrogen) atoms. The Morgan fingerprint density at radius 1 is 1.12 bits per heavy atom. The number of piperazine rings is 1. The third-order valence-electron chi connectivity index (χ3n) is 5.36. The first-order valence-corrected chi connectivity index (χ1v) is 10.7. The number of nitrogens with zero attached hydrogens (tertiary/aromatic N) is 3. The van der Waals surface area contributed by atoms with Gasteiger partial charge in [0, 0.05) is 66.3 Å². The summed E-state index contributed by atoms with van der Waals surface area (Å²) in [5, 5.41) is 15.4. The Morgan fingerprint density at radius 3 is 2.61 bits per heavy atom. The van der Waals surface area contributed by atoms with Gasteiger partial charge in [0.25, 0.3) is 0 Å². The van der Waals surface area contributed by atoms with Crippen molar-refractivity contribution < 1.29 is 14.6 Å². The second kappa shape index (κ2) is 12.1. The van der Waals surface area contributed by atoms with E-state index in [0.29, 0.717) is 31.3 Å². The van der Waals surface area contributed by atoms with Gasteiger partial charge in [0.15, 0.2) is 0 Å². The number of rotatable bonds is 5. The van der Waals surface area contributed by atoms with Gasteiger partial charge in [-0.25, -0.2) is 4.79 Å². The quantitative estimate of drug-likeness (QED) is 0.442. The Labute approximate surface area is 210 Å². The number of phenolic OH excluding ortho intramolecular Hbond substituents is 1. The van der Waals surface area contributed by atoms with Crippen molar-refractivity contribution in [1.82, 2.24) is 14.8 Å². The van der Waals surface area contributed by atoms with E-state index in [9.17, 15) is 9.90 Å². The Balaban J connectivity index is 0.00000193. The fraction of sp³-hybridized carbons (Fsp3) is 0.304. The maximum absolute atomic E-state index is 11.9. The minimum absolute atomic E-state index is 0. The Morgan fingerprint density at radius 2 is 1.88 bits per heavy atom. The van der Waals surface area contributed by atoms with E-state index in [0.717, 1.165) is 40.9 Å². The zero-order chi connectivity index (χ0) is 21.8. The van der Waals surface area contributed by atoms with Crippen molar-refractivity contribution >= 4 is 64.8 Å². The van der Waals surface area contributed by atoms with E-state index in [1.54, 1.807) is 17.2 Å². The molecule has 0 aliphatic carbocycles. The summed E-state index contributed by atoms with van der Waals surface area (Å²) in [6, 6.07) is 13.0. The molecule has 0 radical (unpaired) electrons. The molecule has 7 nitrogen and oxygen atoms in total. The highest BCUT2D eigenvalue weighted by molar-refractivity contribution is 6.31. The van der Waals surface area contributed by atoms with Crippen LogP contribution >= 0.6 is 36.4 Å². The highest BCUT2D eigenvalue weighted by Crippen LogP contribution is 2.30. The topological polar surface area (TPSA) is 77.9 Å². The molecule has 1 amide bonds. The van der Waals surface area contributed by atoms with Crippen molar-refractivity contribution in [2.75, 3.05) is 38.1 Å². The molecule has 3 aromatic rings. The number of phenols is 1. The van der Waals surface area contributed by atoms with E-state index in [2.05, 4.69) is 15.2 Å². The molecule has 1 aliphatic rings. The average Bonchev–Trinajstić information content (AvgIpc) is 2.76. The molecule has 2 aromatic carbocycles. The van der Waals surface area contributed by atoms with Crippen molar-refractivity contribution in [3.05, 3.63) is 59.2 Å². The summed E-state index contributed by atoms with van der Waals surface area (Å²) in [5.74, 6) is 0.254. The predicted octanol–water partition coefficient (Wildman–Crippen LogP) is 5.46. The lowest BCUT2D eigenvalue weighted by Gasteiger charge is -2.34. The van der Waals surface area contributed by atoms with Crippen molar-refractivity contribution in [3.8, 4) is 5.75 Å². The summed E-state index contributed by atoms with van der Waals surface area (Å²) in [4.78, 5) is 20.2. The fourth-order valence-corrected chi connectivity index (χ4v) is 3.89. The number of benzene rings is 2. The SMILES string of the molecule is CCOC(=O)N1CCN(Cc2cc(Nc3ccnc4cc(Cl)ccc34)ccc2O)CC1.Cl.Cl. The normalized spacial score (nSPS) is 13.7. The highest BCUT2D eigenvalue weighted by Gasteiger charge is 2.22. The molecule has 1 fully saturated rings. The number of anilines is 2. The lowest BCUT2D eigenvalue weighted by Crippen LogP contribution is -2.48. The molecule has 10 heteroatoms. The van der Waals surface area contributed by atoms with E-state index < -0.39 is 0 Å². The first-order valence-electron chi connectivity index (χ1n) is 10.3. The Bertz CT molecular complexity index is 1090. The van der Waals surface area contributed by atoms with Gasteiger partial charge in [0.2, 0.25) is 0 Å². The Kier molecular flexibility index (Phi) is 9.86.